The lowest BCUT2D eigenvalue weighted by Gasteiger charge is -2.19. The maximum atomic E-state index is 12.9. The molecule has 0 aliphatic heterocycles. The Morgan fingerprint density at radius 1 is 1.06 bits per heavy atom. The first-order valence-electron chi connectivity index (χ1n) is 10.0. The van der Waals surface area contributed by atoms with Crippen molar-refractivity contribution in [2.24, 2.45) is 0 Å². The maximum absolute atomic E-state index is 12.9. The first kappa shape index (κ1) is 27.3. The number of alkyl halides is 2. The fourth-order valence-electron chi connectivity index (χ4n) is 3.04. The molecule has 188 valence electrons. The number of rotatable bonds is 12. The molecule has 0 aliphatic carbocycles. The predicted molar refractivity (Wildman–Crippen MR) is 120 cm³/mol. The van der Waals surface area contributed by atoms with Gasteiger partial charge in [0.25, 0.3) is 5.91 Å². The molecule has 2 amide bonds. The van der Waals surface area contributed by atoms with Crippen molar-refractivity contribution in [3.8, 4) is 23.3 Å². The number of nitrogens with zero attached hydrogens (tertiary/aromatic N) is 1. The lowest BCUT2D eigenvalue weighted by atomic mass is 10.1. The summed E-state index contributed by atoms with van der Waals surface area (Å²) in [5.41, 5.74) is 0.00371. The van der Waals surface area contributed by atoms with Crippen LogP contribution in [0, 0.1) is 11.3 Å². The Labute approximate surface area is 200 Å². The number of hydrogen-bond donors (Lipinski definition) is 2. The molecule has 0 radical (unpaired) electrons. The van der Waals surface area contributed by atoms with Gasteiger partial charge in [0.1, 0.15) is 18.3 Å². The van der Waals surface area contributed by atoms with Crippen LogP contribution >= 0.6 is 0 Å². The van der Waals surface area contributed by atoms with Crippen molar-refractivity contribution in [2.75, 3.05) is 26.5 Å². The smallest absolute Gasteiger partial charge is 0.387 e. The predicted octanol–water partition coefficient (Wildman–Crippen LogP) is 1.66. The van der Waals surface area contributed by atoms with Crippen molar-refractivity contribution >= 4 is 21.7 Å². The Bertz CT molecular complexity index is 1200. The highest BCUT2D eigenvalue weighted by Crippen LogP contribution is 2.27. The zero-order valence-electron chi connectivity index (χ0n) is 18.8. The van der Waals surface area contributed by atoms with E-state index >= 15 is 0 Å². The summed E-state index contributed by atoms with van der Waals surface area (Å²) < 4.78 is 65.6. The Morgan fingerprint density at radius 2 is 1.74 bits per heavy atom. The normalized spacial score (nSPS) is 11.8. The third-order valence-corrected chi connectivity index (χ3v) is 6.19. The lowest BCUT2D eigenvalue weighted by molar-refractivity contribution is -0.122. The minimum absolute atomic E-state index is 0.0461. The molecule has 0 aromatic heterocycles. The third-order valence-electron chi connectivity index (χ3n) is 4.59. The van der Waals surface area contributed by atoms with Gasteiger partial charge in [-0.3, -0.25) is 9.59 Å². The Kier molecular flexibility index (Phi) is 9.77. The van der Waals surface area contributed by atoms with E-state index < -0.39 is 52.4 Å². The molecule has 35 heavy (non-hydrogen) atoms. The van der Waals surface area contributed by atoms with E-state index in [1.54, 1.807) is 6.07 Å². The van der Waals surface area contributed by atoms with E-state index in [1.165, 1.54) is 56.7 Å². The molecule has 2 rings (SSSR count). The monoisotopic (exact) mass is 511 g/mol. The zero-order valence-corrected chi connectivity index (χ0v) is 19.6. The van der Waals surface area contributed by atoms with E-state index in [4.69, 9.17) is 14.7 Å². The van der Waals surface area contributed by atoms with Gasteiger partial charge in [-0.2, -0.15) is 14.0 Å². The standard InChI is InChI=1S/C22H23F2N3O7S/c1-32-18-8-7-14(11-19(18)33-2)20(28)27-16(21(29)26-10-9-25)13-35(30,31)12-15-5-3-4-6-17(15)34-22(23)24/h3-8,11,16,22H,10,12-13H2,1-2H3,(H,26,29)(H,27,28)/t16-/m0/s1. The van der Waals surface area contributed by atoms with Crippen molar-refractivity contribution in [3.63, 3.8) is 0 Å². The molecule has 2 N–H and O–H groups in total. The number of carbonyl (C=O) groups is 2. The highest BCUT2D eigenvalue weighted by atomic mass is 32.2. The largest absolute Gasteiger partial charge is 0.493 e. The van der Waals surface area contributed by atoms with Gasteiger partial charge >= 0.3 is 6.61 Å². The molecule has 13 heteroatoms. The van der Waals surface area contributed by atoms with Gasteiger partial charge in [0.15, 0.2) is 21.3 Å². The number of para-hydroxylation sites is 1. The molecule has 0 aliphatic rings. The minimum Gasteiger partial charge on any atom is -0.493 e. The van der Waals surface area contributed by atoms with Crippen molar-refractivity contribution in [3.05, 3.63) is 53.6 Å². The number of ether oxygens (including phenoxy) is 3. The molecule has 10 nitrogen and oxygen atoms in total. The van der Waals surface area contributed by atoms with Gasteiger partial charge in [0.05, 0.1) is 31.8 Å². The topological polar surface area (TPSA) is 144 Å². The van der Waals surface area contributed by atoms with Crippen LogP contribution in [0.1, 0.15) is 15.9 Å². The summed E-state index contributed by atoms with van der Waals surface area (Å²) in [6.07, 6.45) is 0. The first-order chi connectivity index (χ1) is 16.6. The average Bonchev–Trinajstić information content (AvgIpc) is 2.82. The van der Waals surface area contributed by atoms with E-state index in [2.05, 4.69) is 15.4 Å². The number of hydrogen-bond acceptors (Lipinski definition) is 8. The quantitative estimate of drug-likeness (QED) is 0.410. The van der Waals surface area contributed by atoms with Crippen LogP contribution in [0.3, 0.4) is 0 Å². The summed E-state index contributed by atoms with van der Waals surface area (Å²) in [4.78, 5) is 25.3. The Morgan fingerprint density at radius 3 is 2.37 bits per heavy atom. The third kappa shape index (κ3) is 8.11. The molecular formula is C22H23F2N3O7S. The van der Waals surface area contributed by atoms with Gasteiger partial charge < -0.3 is 24.8 Å². The Balaban J connectivity index is 2.27. The number of nitriles is 1. The van der Waals surface area contributed by atoms with Crippen molar-refractivity contribution in [1.29, 1.82) is 5.26 Å². The van der Waals surface area contributed by atoms with Crippen LogP contribution in [0.4, 0.5) is 8.78 Å². The van der Waals surface area contributed by atoms with Crippen molar-refractivity contribution in [2.45, 2.75) is 18.4 Å². The zero-order chi connectivity index (χ0) is 26.0. The summed E-state index contributed by atoms with van der Waals surface area (Å²) >= 11 is 0. The van der Waals surface area contributed by atoms with Crippen LogP contribution in [-0.2, 0) is 20.4 Å². The van der Waals surface area contributed by atoms with Crippen molar-refractivity contribution in [1.82, 2.24) is 10.6 Å². The fraction of sp³-hybridized carbons (Fsp3) is 0.318. The second-order valence-corrected chi connectivity index (χ2v) is 9.12. The van der Waals surface area contributed by atoms with Gasteiger partial charge in [-0.05, 0) is 24.3 Å². The number of nitrogens with one attached hydrogen (secondary N) is 2. The number of benzene rings is 2. The molecule has 0 heterocycles. The summed E-state index contributed by atoms with van der Waals surface area (Å²) in [7, 11) is -1.38. The van der Waals surface area contributed by atoms with E-state index in [9.17, 15) is 26.8 Å². The molecule has 0 spiro atoms. The van der Waals surface area contributed by atoms with Gasteiger partial charge in [-0.15, -0.1) is 0 Å². The molecule has 0 fully saturated rings. The second kappa shape index (κ2) is 12.5. The minimum atomic E-state index is -4.14. The van der Waals surface area contributed by atoms with Gasteiger partial charge in [0.2, 0.25) is 5.91 Å². The van der Waals surface area contributed by atoms with E-state index in [-0.39, 0.29) is 22.6 Å². The fourth-order valence-corrected chi connectivity index (χ4v) is 4.61. The highest BCUT2D eigenvalue weighted by molar-refractivity contribution is 7.90. The molecule has 0 saturated carbocycles. The lowest BCUT2D eigenvalue weighted by Crippen LogP contribution is -2.50. The summed E-state index contributed by atoms with van der Waals surface area (Å²) in [6, 6.07) is 9.59. The summed E-state index contributed by atoms with van der Waals surface area (Å²) in [5, 5.41) is 13.3. The summed E-state index contributed by atoms with van der Waals surface area (Å²) in [6.45, 7) is -3.59. The highest BCUT2D eigenvalue weighted by Gasteiger charge is 2.29. The van der Waals surface area contributed by atoms with Crippen molar-refractivity contribution < 1.29 is 41.0 Å². The van der Waals surface area contributed by atoms with Gasteiger partial charge in [0, 0.05) is 11.1 Å². The molecule has 0 saturated heterocycles. The van der Waals surface area contributed by atoms with Crippen LogP contribution in [0.2, 0.25) is 0 Å². The van der Waals surface area contributed by atoms with Crippen LogP contribution in [0.5, 0.6) is 17.2 Å². The van der Waals surface area contributed by atoms with Gasteiger partial charge in [-0.25, -0.2) is 8.42 Å². The summed E-state index contributed by atoms with van der Waals surface area (Å²) in [5.74, 6) is -3.06. The maximum Gasteiger partial charge on any atom is 0.387 e. The first-order valence-corrected chi connectivity index (χ1v) is 11.8. The van der Waals surface area contributed by atoms with Crippen LogP contribution < -0.4 is 24.8 Å². The van der Waals surface area contributed by atoms with E-state index in [0.29, 0.717) is 5.75 Å². The van der Waals surface area contributed by atoms with Crippen LogP contribution in [-0.4, -0.2) is 59.4 Å². The number of halogens is 2. The number of amides is 2. The molecule has 2 aromatic rings. The SMILES string of the molecule is COc1ccc(C(=O)N[C@@H](CS(=O)(=O)Cc2ccccc2OC(F)F)C(=O)NCC#N)cc1OC. The van der Waals surface area contributed by atoms with E-state index in [0.717, 1.165) is 0 Å². The second-order valence-electron chi connectivity index (χ2n) is 7.01. The number of carbonyl (C=O) groups excluding carboxylic acids is 2. The number of methoxy groups -OCH3 is 2. The molecule has 2 aromatic carbocycles. The Hall–Kier alpha value is -3.92. The van der Waals surface area contributed by atoms with Crippen LogP contribution in [0.25, 0.3) is 0 Å². The molecule has 0 unspecified atom stereocenters. The van der Waals surface area contributed by atoms with Gasteiger partial charge in [-0.1, -0.05) is 18.2 Å². The molecule has 0 bridgehead atoms. The van der Waals surface area contributed by atoms with E-state index in [1.807, 2.05) is 0 Å². The molecular weight excluding hydrogens is 488 g/mol. The molecule has 1 atom stereocenters. The average molecular weight is 512 g/mol. The van der Waals surface area contributed by atoms with Crippen LogP contribution in [0.15, 0.2) is 42.5 Å². The number of sulfone groups is 1.